The van der Waals surface area contributed by atoms with Crippen LogP contribution in [0.25, 0.3) is 12.2 Å². The van der Waals surface area contributed by atoms with Gasteiger partial charge in [0.1, 0.15) is 5.56 Å². The second-order valence-corrected chi connectivity index (χ2v) is 4.99. The molecule has 2 aromatic carbocycles. The Morgan fingerprint density at radius 1 is 0.792 bits per heavy atom. The van der Waals surface area contributed by atoms with Crippen LogP contribution in [0.4, 0.5) is 17.1 Å². The second-order valence-electron chi connectivity index (χ2n) is 4.55. The number of nitrogens with zero attached hydrogens (tertiary/aromatic N) is 3. The Bertz CT molecular complexity index is 828. The van der Waals surface area contributed by atoms with E-state index in [1.54, 1.807) is 24.3 Å². The maximum absolute atomic E-state index is 11.1. The molecule has 0 N–H and O–H groups in total. The van der Waals surface area contributed by atoms with Crippen LogP contribution >= 0.6 is 11.6 Å². The summed E-state index contributed by atoms with van der Waals surface area (Å²) >= 11 is 5.74. The zero-order valence-electron chi connectivity index (χ0n) is 11.8. The Hall–Kier alpha value is -3.33. The summed E-state index contributed by atoms with van der Waals surface area (Å²) in [6.45, 7) is 0. The Balaban J connectivity index is 2.61. The SMILES string of the molecule is O=[N+]([O-])c1cc([N+](=O)[O-])c(/C=C/c2ccc(Cl)cc2)c([N+](=O)[O-])c1. The molecule has 0 aliphatic rings. The van der Waals surface area contributed by atoms with Crippen molar-refractivity contribution in [2.45, 2.75) is 0 Å². The summed E-state index contributed by atoms with van der Waals surface area (Å²) in [6.07, 6.45) is 2.58. The molecule has 0 amide bonds. The standard InChI is InChI=1S/C14H8ClN3O6/c15-10-4-1-9(2-5-10)3-6-12-13(17(21)22)7-11(16(19)20)8-14(12)18(23)24/h1-8H/b6-3+. The van der Waals surface area contributed by atoms with Crippen LogP contribution in [-0.4, -0.2) is 14.8 Å². The number of hydrogen-bond donors (Lipinski definition) is 0. The van der Waals surface area contributed by atoms with Crippen molar-refractivity contribution in [2.75, 3.05) is 0 Å². The molecule has 0 radical (unpaired) electrons. The van der Waals surface area contributed by atoms with Gasteiger partial charge in [0.25, 0.3) is 17.1 Å². The van der Waals surface area contributed by atoms with Crippen molar-refractivity contribution in [1.29, 1.82) is 0 Å². The van der Waals surface area contributed by atoms with Crippen LogP contribution in [0.1, 0.15) is 11.1 Å². The number of nitro groups is 3. The van der Waals surface area contributed by atoms with Gasteiger partial charge in [-0.15, -0.1) is 0 Å². The smallest absolute Gasteiger partial charge is 0.258 e. The Morgan fingerprint density at radius 3 is 1.71 bits per heavy atom. The molecule has 122 valence electrons. The van der Waals surface area contributed by atoms with Crippen molar-refractivity contribution in [2.24, 2.45) is 0 Å². The molecule has 0 spiro atoms. The van der Waals surface area contributed by atoms with Crippen LogP contribution in [0.15, 0.2) is 36.4 Å². The third kappa shape index (κ3) is 3.70. The number of nitro benzene ring substituents is 3. The van der Waals surface area contributed by atoms with Crippen molar-refractivity contribution in [3.63, 3.8) is 0 Å². The summed E-state index contributed by atoms with van der Waals surface area (Å²) < 4.78 is 0. The molecule has 0 bridgehead atoms. The van der Waals surface area contributed by atoms with E-state index in [4.69, 9.17) is 11.6 Å². The number of halogens is 1. The van der Waals surface area contributed by atoms with Crippen LogP contribution in [0.2, 0.25) is 5.02 Å². The summed E-state index contributed by atoms with van der Waals surface area (Å²) in [7, 11) is 0. The van der Waals surface area contributed by atoms with Gasteiger partial charge in [0.2, 0.25) is 0 Å². The first kappa shape index (κ1) is 17.0. The van der Waals surface area contributed by atoms with E-state index in [-0.39, 0.29) is 5.56 Å². The summed E-state index contributed by atoms with van der Waals surface area (Å²) in [5.74, 6) is 0. The zero-order valence-corrected chi connectivity index (χ0v) is 12.5. The van der Waals surface area contributed by atoms with Gasteiger partial charge in [-0.3, -0.25) is 30.3 Å². The molecule has 24 heavy (non-hydrogen) atoms. The third-order valence-electron chi connectivity index (χ3n) is 3.04. The first-order valence-corrected chi connectivity index (χ1v) is 6.72. The number of rotatable bonds is 5. The summed E-state index contributed by atoms with van der Waals surface area (Å²) in [5.41, 5.74) is -1.90. The fraction of sp³-hybridized carbons (Fsp3) is 0. The minimum Gasteiger partial charge on any atom is -0.258 e. The molecule has 0 aliphatic carbocycles. The fourth-order valence-electron chi connectivity index (χ4n) is 1.94. The van der Waals surface area contributed by atoms with E-state index >= 15 is 0 Å². The van der Waals surface area contributed by atoms with E-state index in [0.29, 0.717) is 22.7 Å². The molecule has 0 heterocycles. The molecule has 0 aliphatic heterocycles. The lowest BCUT2D eigenvalue weighted by atomic mass is 10.1. The van der Waals surface area contributed by atoms with Crippen molar-refractivity contribution < 1.29 is 14.8 Å². The van der Waals surface area contributed by atoms with E-state index < -0.39 is 31.8 Å². The normalized spacial score (nSPS) is 10.7. The lowest BCUT2D eigenvalue weighted by molar-refractivity contribution is -0.403. The topological polar surface area (TPSA) is 129 Å². The molecule has 0 saturated carbocycles. The monoisotopic (exact) mass is 349 g/mol. The fourth-order valence-corrected chi connectivity index (χ4v) is 2.07. The molecule has 10 heteroatoms. The zero-order chi connectivity index (χ0) is 17.9. The highest BCUT2D eigenvalue weighted by Crippen LogP contribution is 2.35. The van der Waals surface area contributed by atoms with Gasteiger partial charge in [-0.05, 0) is 23.8 Å². The van der Waals surface area contributed by atoms with Gasteiger partial charge < -0.3 is 0 Å². The number of benzene rings is 2. The van der Waals surface area contributed by atoms with Crippen LogP contribution < -0.4 is 0 Å². The van der Waals surface area contributed by atoms with Crippen LogP contribution in [-0.2, 0) is 0 Å². The van der Waals surface area contributed by atoms with Gasteiger partial charge >= 0.3 is 0 Å². The molecule has 0 unspecified atom stereocenters. The van der Waals surface area contributed by atoms with Gasteiger partial charge in [0, 0.05) is 5.02 Å². The average molecular weight is 350 g/mol. The number of non-ortho nitro benzene ring substituents is 1. The molecular formula is C14H8ClN3O6. The summed E-state index contributed by atoms with van der Waals surface area (Å²) in [5, 5.41) is 33.6. The van der Waals surface area contributed by atoms with E-state index in [9.17, 15) is 30.3 Å². The molecular weight excluding hydrogens is 342 g/mol. The van der Waals surface area contributed by atoms with E-state index in [0.717, 1.165) is 0 Å². The molecule has 0 fully saturated rings. The molecule has 0 atom stereocenters. The highest BCUT2D eigenvalue weighted by molar-refractivity contribution is 6.30. The lowest BCUT2D eigenvalue weighted by Gasteiger charge is -2.01. The van der Waals surface area contributed by atoms with E-state index in [1.165, 1.54) is 12.2 Å². The van der Waals surface area contributed by atoms with Crippen molar-refractivity contribution in [1.82, 2.24) is 0 Å². The average Bonchev–Trinajstić information content (AvgIpc) is 2.53. The van der Waals surface area contributed by atoms with Crippen LogP contribution in [0.3, 0.4) is 0 Å². The van der Waals surface area contributed by atoms with Gasteiger partial charge in [-0.2, -0.15) is 0 Å². The molecule has 2 rings (SSSR count). The predicted molar refractivity (Wildman–Crippen MR) is 86.8 cm³/mol. The molecule has 0 saturated heterocycles. The predicted octanol–water partition coefficient (Wildman–Crippen LogP) is 4.24. The van der Waals surface area contributed by atoms with Gasteiger partial charge in [0.05, 0.1) is 26.9 Å². The first-order chi connectivity index (χ1) is 11.3. The molecule has 9 nitrogen and oxygen atoms in total. The van der Waals surface area contributed by atoms with Crippen molar-refractivity contribution >= 4 is 40.8 Å². The maximum Gasteiger partial charge on any atom is 0.290 e. The Labute approximate surface area is 139 Å². The minimum atomic E-state index is -0.924. The van der Waals surface area contributed by atoms with Gasteiger partial charge in [-0.1, -0.05) is 29.8 Å². The quantitative estimate of drug-likeness (QED) is 0.451. The largest absolute Gasteiger partial charge is 0.290 e. The minimum absolute atomic E-state index is 0.328. The highest BCUT2D eigenvalue weighted by atomic mass is 35.5. The Kier molecular flexibility index (Phi) is 4.85. The van der Waals surface area contributed by atoms with Gasteiger partial charge in [-0.25, -0.2) is 0 Å². The van der Waals surface area contributed by atoms with Crippen molar-refractivity contribution in [3.05, 3.63) is 82.9 Å². The van der Waals surface area contributed by atoms with Crippen LogP contribution in [0.5, 0.6) is 0 Å². The second kappa shape index (κ2) is 6.84. The summed E-state index contributed by atoms with van der Waals surface area (Å²) in [4.78, 5) is 30.3. The number of hydrogen-bond acceptors (Lipinski definition) is 6. The highest BCUT2D eigenvalue weighted by Gasteiger charge is 2.28. The third-order valence-corrected chi connectivity index (χ3v) is 3.29. The van der Waals surface area contributed by atoms with Gasteiger partial charge in [0.15, 0.2) is 0 Å². The van der Waals surface area contributed by atoms with E-state index in [2.05, 4.69) is 0 Å². The molecule has 0 aromatic heterocycles. The Morgan fingerprint density at radius 2 is 1.29 bits per heavy atom. The lowest BCUT2D eigenvalue weighted by Crippen LogP contribution is -2.00. The maximum atomic E-state index is 11.1. The summed E-state index contributed by atoms with van der Waals surface area (Å²) in [6, 6.07) is 7.77. The van der Waals surface area contributed by atoms with Crippen molar-refractivity contribution in [3.8, 4) is 0 Å². The van der Waals surface area contributed by atoms with Crippen LogP contribution in [0, 0.1) is 30.3 Å². The molecule has 2 aromatic rings. The first-order valence-electron chi connectivity index (χ1n) is 6.34. The van der Waals surface area contributed by atoms with E-state index in [1.807, 2.05) is 0 Å².